The summed E-state index contributed by atoms with van der Waals surface area (Å²) >= 11 is 3.29. The van der Waals surface area contributed by atoms with Gasteiger partial charge in [-0.3, -0.25) is 9.59 Å². The highest BCUT2D eigenvalue weighted by atomic mass is 32.2. The van der Waals surface area contributed by atoms with Crippen LogP contribution in [-0.2, 0) is 19.1 Å². The lowest BCUT2D eigenvalue weighted by Gasteiger charge is -2.02. The SMILES string of the molecule is COC(=O)CSCCCCCCCCSCC(=O)OC. The van der Waals surface area contributed by atoms with Crippen LogP contribution in [0.25, 0.3) is 0 Å². The lowest BCUT2D eigenvalue weighted by molar-refractivity contribution is -0.138. The maximum absolute atomic E-state index is 10.9. The molecule has 0 aromatic heterocycles. The summed E-state index contributed by atoms with van der Waals surface area (Å²) in [4.78, 5) is 21.7. The zero-order valence-corrected chi connectivity index (χ0v) is 14.2. The Kier molecular flexibility index (Phi) is 14.8. The van der Waals surface area contributed by atoms with Gasteiger partial charge in [-0.1, -0.05) is 25.7 Å². The molecule has 0 saturated carbocycles. The largest absolute Gasteiger partial charge is 0.468 e. The monoisotopic (exact) mass is 322 g/mol. The Balaban J connectivity index is 3.06. The van der Waals surface area contributed by atoms with E-state index in [2.05, 4.69) is 9.47 Å². The number of rotatable bonds is 13. The summed E-state index contributed by atoms with van der Waals surface area (Å²) in [5.74, 6) is 2.72. The van der Waals surface area contributed by atoms with Gasteiger partial charge in [0.25, 0.3) is 0 Å². The molecule has 20 heavy (non-hydrogen) atoms. The van der Waals surface area contributed by atoms with E-state index in [-0.39, 0.29) is 11.9 Å². The Labute approximate surface area is 130 Å². The molecule has 0 aliphatic heterocycles. The first kappa shape index (κ1) is 19.6. The van der Waals surface area contributed by atoms with Crippen molar-refractivity contribution in [2.45, 2.75) is 38.5 Å². The minimum absolute atomic E-state index is 0.139. The molecule has 0 unspecified atom stereocenters. The average molecular weight is 322 g/mol. The molecule has 0 aromatic rings. The number of thioether (sulfide) groups is 2. The number of hydrogen-bond donors (Lipinski definition) is 0. The standard InChI is InChI=1S/C14H26O4S2/c1-17-13(15)11-19-9-7-5-3-4-6-8-10-20-12-14(16)18-2/h3-12H2,1-2H3. The highest BCUT2D eigenvalue weighted by Gasteiger charge is 2.00. The van der Waals surface area contributed by atoms with Crippen molar-refractivity contribution in [1.82, 2.24) is 0 Å². The fourth-order valence-corrected chi connectivity index (χ4v) is 3.22. The van der Waals surface area contributed by atoms with Crippen LogP contribution in [0.5, 0.6) is 0 Å². The van der Waals surface area contributed by atoms with Crippen molar-refractivity contribution in [3.8, 4) is 0 Å². The van der Waals surface area contributed by atoms with Crippen molar-refractivity contribution in [3.05, 3.63) is 0 Å². The summed E-state index contributed by atoms with van der Waals surface area (Å²) in [6.07, 6.45) is 7.28. The molecular weight excluding hydrogens is 296 g/mol. The molecule has 0 N–H and O–H groups in total. The van der Waals surface area contributed by atoms with Gasteiger partial charge in [-0.15, -0.1) is 0 Å². The second-order valence-electron chi connectivity index (χ2n) is 4.38. The zero-order chi connectivity index (χ0) is 15.1. The van der Waals surface area contributed by atoms with E-state index in [9.17, 15) is 9.59 Å². The van der Waals surface area contributed by atoms with Gasteiger partial charge in [0.05, 0.1) is 25.7 Å². The van der Waals surface area contributed by atoms with Crippen molar-refractivity contribution in [1.29, 1.82) is 0 Å². The third-order valence-electron chi connectivity index (χ3n) is 2.72. The summed E-state index contributed by atoms with van der Waals surface area (Å²) in [6.45, 7) is 0. The van der Waals surface area contributed by atoms with Crippen molar-refractivity contribution in [3.63, 3.8) is 0 Å². The van der Waals surface area contributed by atoms with Crippen LogP contribution in [-0.4, -0.2) is 49.2 Å². The summed E-state index contributed by atoms with van der Waals surface area (Å²) in [5, 5.41) is 0. The molecule has 0 aliphatic rings. The van der Waals surface area contributed by atoms with Crippen LogP contribution >= 0.6 is 23.5 Å². The van der Waals surface area contributed by atoms with Gasteiger partial charge in [-0.05, 0) is 24.3 Å². The van der Waals surface area contributed by atoms with Crippen LogP contribution in [0.4, 0.5) is 0 Å². The van der Waals surface area contributed by atoms with E-state index >= 15 is 0 Å². The maximum Gasteiger partial charge on any atom is 0.315 e. The Morgan fingerprint density at radius 1 is 0.700 bits per heavy atom. The molecule has 0 aromatic carbocycles. The lowest BCUT2D eigenvalue weighted by Crippen LogP contribution is -2.03. The van der Waals surface area contributed by atoms with E-state index in [0.29, 0.717) is 11.5 Å². The number of methoxy groups -OCH3 is 2. The zero-order valence-electron chi connectivity index (χ0n) is 12.5. The molecule has 0 heterocycles. The minimum Gasteiger partial charge on any atom is -0.468 e. The molecule has 0 spiro atoms. The third kappa shape index (κ3) is 14.1. The smallest absolute Gasteiger partial charge is 0.315 e. The number of esters is 2. The topological polar surface area (TPSA) is 52.6 Å². The van der Waals surface area contributed by atoms with Gasteiger partial charge in [0.2, 0.25) is 0 Å². The van der Waals surface area contributed by atoms with Crippen LogP contribution in [0, 0.1) is 0 Å². The van der Waals surface area contributed by atoms with E-state index in [1.165, 1.54) is 52.7 Å². The minimum atomic E-state index is -0.139. The first-order valence-electron chi connectivity index (χ1n) is 6.99. The molecular formula is C14H26O4S2. The predicted molar refractivity (Wildman–Crippen MR) is 86.4 cm³/mol. The van der Waals surface area contributed by atoms with Gasteiger partial charge in [0.15, 0.2) is 0 Å². The van der Waals surface area contributed by atoms with Crippen LogP contribution in [0.15, 0.2) is 0 Å². The fourth-order valence-electron chi connectivity index (χ4n) is 1.54. The third-order valence-corrected chi connectivity index (χ3v) is 4.76. The van der Waals surface area contributed by atoms with Gasteiger partial charge in [-0.2, -0.15) is 23.5 Å². The van der Waals surface area contributed by atoms with Crippen LogP contribution in [0.3, 0.4) is 0 Å². The first-order chi connectivity index (χ1) is 9.70. The van der Waals surface area contributed by atoms with Crippen molar-refractivity contribution < 1.29 is 19.1 Å². The predicted octanol–water partition coefficient (Wildman–Crippen LogP) is 3.14. The lowest BCUT2D eigenvalue weighted by atomic mass is 10.1. The Hall–Kier alpha value is -0.360. The quantitative estimate of drug-likeness (QED) is 0.383. The highest BCUT2D eigenvalue weighted by Crippen LogP contribution is 2.12. The summed E-state index contributed by atoms with van der Waals surface area (Å²) in [5.41, 5.74) is 0. The maximum atomic E-state index is 10.9. The molecule has 0 saturated heterocycles. The first-order valence-corrected chi connectivity index (χ1v) is 9.30. The van der Waals surface area contributed by atoms with E-state index in [0.717, 1.165) is 11.5 Å². The molecule has 4 nitrogen and oxygen atoms in total. The summed E-state index contributed by atoms with van der Waals surface area (Å²) < 4.78 is 9.15. The Morgan fingerprint density at radius 3 is 1.40 bits per heavy atom. The Morgan fingerprint density at radius 2 is 1.05 bits per heavy atom. The van der Waals surface area contributed by atoms with Gasteiger partial charge in [0, 0.05) is 0 Å². The van der Waals surface area contributed by atoms with Gasteiger partial charge >= 0.3 is 11.9 Å². The summed E-state index contributed by atoms with van der Waals surface area (Å²) in [7, 11) is 2.85. The van der Waals surface area contributed by atoms with Gasteiger partial charge in [0.1, 0.15) is 0 Å². The van der Waals surface area contributed by atoms with Crippen LogP contribution in [0.1, 0.15) is 38.5 Å². The molecule has 6 heteroatoms. The van der Waals surface area contributed by atoms with Gasteiger partial charge < -0.3 is 9.47 Å². The van der Waals surface area contributed by atoms with E-state index < -0.39 is 0 Å². The average Bonchev–Trinajstić information content (AvgIpc) is 2.47. The van der Waals surface area contributed by atoms with E-state index in [1.54, 1.807) is 23.5 Å². The molecule has 0 atom stereocenters. The van der Waals surface area contributed by atoms with Gasteiger partial charge in [-0.25, -0.2) is 0 Å². The van der Waals surface area contributed by atoms with E-state index in [4.69, 9.17) is 0 Å². The second-order valence-corrected chi connectivity index (χ2v) is 6.59. The number of unbranched alkanes of at least 4 members (excludes halogenated alkanes) is 5. The molecule has 0 fully saturated rings. The van der Waals surface area contributed by atoms with Crippen LogP contribution in [0.2, 0.25) is 0 Å². The molecule has 0 rings (SSSR count). The van der Waals surface area contributed by atoms with Crippen molar-refractivity contribution >= 4 is 35.5 Å². The molecule has 0 amide bonds. The van der Waals surface area contributed by atoms with Crippen LogP contribution < -0.4 is 0 Å². The Bertz CT molecular complexity index is 234. The van der Waals surface area contributed by atoms with Crippen molar-refractivity contribution in [2.75, 3.05) is 37.2 Å². The molecule has 0 bridgehead atoms. The molecule has 0 radical (unpaired) electrons. The fraction of sp³-hybridized carbons (Fsp3) is 0.857. The van der Waals surface area contributed by atoms with Crippen molar-refractivity contribution in [2.24, 2.45) is 0 Å². The number of carbonyl (C=O) groups is 2. The number of ether oxygens (including phenoxy) is 2. The highest BCUT2D eigenvalue weighted by molar-refractivity contribution is 8.00. The second kappa shape index (κ2) is 15.0. The molecule has 118 valence electrons. The number of hydrogen-bond acceptors (Lipinski definition) is 6. The normalized spacial score (nSPS) is 10.3. The van der Waals surface area contributed by atoms with E-state index in [1.807, 2.05) is 0 Å². The molecule has 0 aliphatic carbocycles. The number of carbonyl (C=O) groups excluding carboxylic acids is 2. The summed E-state index contributed by atoms with van der Waals surface area (Å²) in [6, 6.07) is 0.